The van der Waals surface area contributed by atoms with Gasteiger partial charge in [-0.3, -0.25) is 4.79 Å². The number of benzene rings is 1. The van der Waals surface area contributed by atoms with Gasteiger partial charge in [-0.1, -0.05) is 6.07 Å². The molecule has 0 atom stereocenters. The second-order valence-electron chi connectivity index (χ2n) is 4.35. The first kappa shape index (κ1) is 16.6. The molecular formula is C16H19NO4. The Balaban J connectivity index is 2.43. The van der Waals surface area contributed by atoms with Crippen molar-refractivity contribution in [3.63, 3.8) is 0 Å². The van der Waals surface area contributed by atoms with Gasteiger partial charge < -0.3 is 14.8 Å². The van der Waals surface area contributed by atoms with E-state index in [-0.39, 0.29) is 12.5 Å². The van der Waals surface area contributed by atoms with Gasteiger partial charge in [-0.2, -0.15) is 0 Å². The summed E-state index contributed by atoms with van der Waals surface area (Å²) in [5.41, 5.74) is 0.624. The molecule has 0 saturated carbocycles. The first-order valence-corrected chi connectivity index (χ1v) is 6.68. The molecule has 0 fully saturated rings. The Labute approximate surface area is 124 Å². The Hall–Kier alpha value is -2.48. The topological polar surface area (TPSA) is 64.6 Å². The minimum absolute atomic E-state index is 0.0721. The van der Waals surface area contributed by atoms with Crippen LogP contribution in [0.4, 0.5) is 5.69 Å². The Morgan fingerprint density at radius 2 is 2.14 bits per heavy atom. The van der Waals surface area contributed by atoms with Gasteiger partial charge in [-0.15, -0.1) is 12.3 Å². The number of terminal acetylenes is 1. The second kappa shape index (κ2) is 9.43. The lowest BCUT2D eigenvalue weighted by molar-refractivity contribution is -0.142. The Morgan fingerprint density at radius 1 is 1.33 bits per heavy atom. The van der Waals surface area contributed by atoms with Gasteiger partial charge in [-0.25, -0.2) is 4.79 Å². The summed E-state index contributed by atoms with van der Waals surface area (Å²) >= 11 is 0. The summed E-state index contributed by atoms with van der Waals surface area (Å²) in [5, 5.41) is 2.77. The molecule has 0 radical (unpaired) electrons. The maximum absolute atomic E-state index is 11.7. The van der Waals surface area contributed by atoms with E-state index >= 15 is 0 Å². The van der Waals surface area contributed by atoms with Crippen molar-refractivity contribution in [3.8, 4) is 18.1 Å². The van der Waals surface area contributed by atoms with Crippen LogP contribution in [0.25, 0.3) is 0 Å². The number of anilines is 1. The number of esters is 1. The third kappa shape index (κ3) is 7.02. The Morgan fingerprint density at radius 3 is 2.86 bits per heavy atom. The van der Waals surface area contributed by atoms with E-state index in [0.29, 0.717) is 24.3 Å². The zero-order chi connectivity index (χ0) is 15.5. The zero-order valence-electron chi connectivity index (χ0n) is 12.1. The minimum Gasteiger partial charge on any atom is -0.482 e. The second-order valence-corrected chi connectivity index (χ2v) is 4.35. The largest absolute Gasteiger partial charge is 0.482 e. The molecular weight excluding hydrogens is 270 g/mol. The van der Waals surface area contributed by atoms with Gasteiger partial charge >= 0.3 is 5.97 Å². The summed E-state index contributed by atoms with van der Waals surface area (Å²) in [6.45, 7) is -0.167. The fourth-order valence-electron chi connectivity index (χ4n) is 1.60. The van der Waals surface area contributed by atoms with Crippen LogP contribution >= 0.6 is 0 Å². The molecule has 1 aromatic rings. The van der Waals surface area contributed by atoms with Crippen LogP contribution in [0.1, 0.15) is 25.7 Å². The molecule has 0 unspecified atom stereocenters. The van der Waals surface area contributed by atoms with Crippen molar-refractivity contribution >= 4 is 17.6 Å². The molecule has 5 nitrogen and oxygen atoms in total. The number of hydrogen-bond donors (Lipinski definition) is 1. The highest BCUT2D eigenvalue weighted by Gasteiger charge is 2.05. The monoisotopic (exact) mass is 289 g/mol. The van der Waals surface area contributed by atoms with Crippen LogP contribution in [-0.2, 0) is 14.3 Å². The van der Waals surface area contributed by atoms with E-state index in [2.05, 4.69) is 16.0 Å². The molecule has 0 aliphatic rings. The summed E-state index contributed by atoms with van der Waals surface area (Å²) in [6, 6.07) is 6.85. The fraction of sp³-hybridized carbons (Fsp3) is 0.375. The first-order valence-electron chi connectivity index (χ1n) is 6.68. The van der Waals surface area contributed by atoms with Crippen LogP contribution in [-0.4, -0.2) is 25.6 Å². The van der Waals surface area contributed by atoms with Crippen LogP contribution in [0.5, 0.6) is 5.75 Å². The zero-order valence-corrected chi connectivity index (χ0v) is 12.1. The number of ether oxygens (including phenoxy) is 2. The number of amides is 1. The average molecular weight is 289 g/mol. The van der Waals surface area contributed by atoms with Gasteiger partial charge in [0.15, 0.2) is 6.61 Å². The number of carbonyl (C=O) groups excluding carboxylic acids is 2. The van der Waals surface area contributed by atoms with Crippen LogP contribution in [0.2, 0.25) is 0 Å². The van der Waals surface area contributed by atoms with Crippen molar-refractivity contribution < 1.29 is 19.1 Å². The predicted molar refractivity (Wildman–Crippen MR) is 79.9 cm³/mol. The molecule has 0 aromatic heterocycles. The molecule has 0 saturated heterocycles. The maximum atomic E-state index is 11.7. The molecule has 21 heavy (non-hydrogen) atoms. The number of unbranched alkanes of at least 4 members (excludes halogenated alkanes) is 2. The van der Waals surface area contributed by atoms with E-state index in [1.165, 1.54) is 7.11 Å². The predicted octanol–water partition coefficient (Wildman–Crippen LogP) is 2.37. The number of methoxy groups -OCH3 is 1. The molecule has 112 valence electrons. The normalized spacial score (nSPS) is 9.52. The number of nitrogens with one attached hydrogen (secondary N) is 1. The number of hydrogen-bond acceptors (Lipinski definition) is 4. The van der Waals surface area contributed by atoms with Crippen LogP contribution in [0.3, 0.4) is 0 Å². The lowest BCUT2D eigenvalue weighted by atomic mass is 10.2. The average Bonchev–Trinajstić information content (AvgIpc) is 2.49. The van der Waals surface area contributed by atoms with Crippen LogP contribution < -0.4 is 10.1 Å². The van der Waals surface area contributed by atoms with Crippen molar-refractivity contribution in [2.45, 2.75) is 25.7 Å². The molecule has 1 N–H and O–H groups in total. The molecule has 0 aliphatic carbocycles. The minimum atomic E-state index is -0.460. The fourth-order valence-corrected chi connectivity index (χ4v) is 1.60. The highest BCUT2D eigenvalue weighted by Crippen LogP contribution is 2.17. The molecule has 1 rings (SSSR count). The summed E-state index contributed by atoms with van der Waals surface area (Å²) in [7, 11) is 1.29. The molecule has 0 bridgehead atoms. The standard InChI is InChI=1S/C16H19NO4/c1-3-4-5-6-10-15(18)17-13-8-7-9-14(11-13)21-12-16(19)20-2/h1,7-9,11H,4-6,10,12H2,2H3,(H,17,18). The highest BCUT2D eigenvalue weighted by molar-refractivity contribution is 5.90. The SMILES string of the molecule is C#CCCCCC(=O)Nc1cccc(OCC(=O)OC)c1. The number of rotatable bonds is 8. The quantitative estimate of drug-likeness (QED) is 0.453. The summed E-state index contributed by atoms with van der Waals surface area (Å²) in [5.74, 6) is 2.50. The lowest BCUT2D eigenvalue weighted by Gasteiger charge is -2.08. The lowest BCUT2D eigenvalue weighted by Crippen LogP contribution is -2.13. The first-order chi connectivity index (χ1) is 10.2. The summed E-state index contributed by atoms with van der Waals surface area (Å²) < 4.78 is 9.73. The van der Waals surface area contributed by atoms with Crippen molar-refractivity contribution in [1.82, 2.24) is 0 Å². The van der Waals surface area contributed by atoms with Crippen molar-refractivity contribution in [2.75, 3.05) is 19.0 Å². The van der Waals surface area contributed by atoms with E-state index in [0.717, 1.165) is 12.8 Å². The van der Waals surface area contributed by atoms with E-state index < -0.39 is 5.97 Å². The van der Waals surface area contributed by atoms with Gasteiger partial charge in [0.25, 0.3) is 0 Å². The highest BCUT2D eigenvalue weighted by atomic mass is 16.6. The number of carbonyl (C=O) groups is 2. The molecule has 0 heterocycles. The third-order valence-electron chi connectivity index (χ3n) is 2.68. The van der Waals surface area contributed by atoms with E-state index in [4.69, 9.17) is 11.2 Å². The van der Waals surface area contributed by atoms with Crippen LogP contribution in [0, 0.1) is 12.3 Å². The molecule has 1 amide bonds. The van der Waals surface area contributed by atoms with Gasteiger partial charge in [0.05, 0.1) is 7.11 Å². The van der Waals surface area contributed by atoms with Gasteiger partial charge in [-0.05, 0) is 25.0 Å². The molecule has 1 aromatic carbocycles. The van der Waals surface area contributed by atoms with E-state index in [9.17, 15) is 9.59 Å². The van der Waals surface area contributed by atoms with Gasteiger partial charge in [0.1, 0.15) is 5.75 Å². The van der Waals surface area contributed by atoms with Crippen molar-refractivity contribution in [2.24, 2.45) is 0 Å². The Kier molecular flexibility index (Phi) is 7.44. The molecule has 0 spiro atoms. The van der Waals surface area contributed by atoms with Crippen LogP contribution in [0.15, 0.2) is 24.3 Å². The molecule has 0 aliphatic heterocycles. The van der Waals surface area contributed by atoms with Crippen molar-refractivity contribution in [3.05, 3.63) is 24.3 Å². The van der Waals surface area contributed by atoms with E-state index in [1.54, 1.807) is 24.3 Å². The van der Waals surface area contributed by atoms with Gasteiger partial charge in [0, 0.05) is 24.6 Å². The van der Waals surface area contributed by atoms with Crippen molar-refractivity contribution in [1.29, 1.82) is 0 Å². The maximum Gasteiger partial charge on any atom is 0.343 e. The Bertz CT molecular complexity index is 519. The summed E-state index contributed by atoms with van der Waals surface area (Å²) in [4.78, 5) is 22.7. The third-order valence-corrected chi connectivity index (χ3v) is 2.68. The molecule has 5 heteroatoms. The van der Waals surface area contributed by atoms with Gasteiger partial charge in [0.2, 0.25) is 5.91 Å². The summed E-state index contributed by atoms with van der Waals surface area (Å²) in [6.07, 6.45) is 7.86. The smallest absolute Gasteiger partial charge is 0.343 e. The van der Waals surface area contributed by atoms with E-state index in [1.807, 2.05) is 0 Å².